The third-order valence-corrected chi connectivity index (χ3v) is 13.5. The van der Waals surface area contributed by atoms with Gasteiger partial charge in [-0.25, -0.2) is 0 Å². The summed E-state index contributed by atoms with van der Waals surface area (Å²) in [7, 11) is 0. The monoisotopic (exact) mass is 770 g/mol. The van der Waals surface area contributed by atoms with E-state index < -0.39 is 0 Å². The molecule has 12 rings (SSSR count). The zero-order valence-electron chi connectivity index (χ0n) is 34.1. The minimum atomic E-state index is -0.292. The first kappa shape index (κ1) is 34.8. The standard InChI is InChI=1S/C58H42O2/c1-57(2)48-23-7-9-25-50(48)59-52-27-13-21-44(55(52)57)40-17-11-19-42-46(40)34-47-41(45-22-14-28-53-56(45)58(3,4)49-24-8-10-26-51(49)60-53)18-12-20-43(47)54(42)38-30-29-37-31-35-15-5-6-16-36(35)32-39(37)33-38/h5-34H,1-4H3. The third-order valence-electron chi connectivity index (χ3n) is 13.5. The van der Waals surface area contributed by atoms with Gasteiger partial charge in [0, 0.05) is 33.1 Å². The van der Waals surface area contributed by atoms with Gasteiger partial charge < -0.3 is 9.47 Å². The van der Waals surface area contributed by atoms with Gasteiger partial charge in [0.15, 0.2) is 0 Å². The molecule has 2 aliphatic rings. The lowest BCUT2D eigenvalue weighted by Crippen LogP contribution is -2.25. The summed E-state index contributed by atoms with van der Waals surface area (Å²) < 4.78 is 13.4. The maximum absolute atomic E-state index is 6.68. The van der Waals surface area contributed by atoms with E-state index in [-0.39, 0.29) is 10.8 Å². The van der Waals surface area contributed by atoms with E-state index >= 15 is 0 Å². The number of hydrogen-bond donors (Lipinski definition) is 0. The summed E-state index contributed by atoms with van der Waals surface area (Å²) in [5, 5.41) is 9.82. The Bertz CT molecular complexity index is 3270. The lowest BCUT2D eigenvalue weighted by atomic mass is 9.72. The molecular weight excluding hydrogens is 729 g/mol. The van der Waals surface area contributed by atoms with Gasteiger partial charge in [0.1, 0.15) is 23.0 Å². The Hall–Kier alpha value is -7.16. The van der Waals surface area contributed by atoms with Crippen LogP contribution in [0.15, 0.2) is 182 Å². The van der Waals surface area contributed by atoms with Gasteiger partial charge in [-0.2, -0.15) is 0 Å². The molecule has 0 fully saturated rings. The Morgan fingerprint density at radius 1 is 0.317 bits per heavy atom. The van der Waals surface area contributed by atoms with Crippen LogP contribution < -0.4 is 9.47 Å². The van der Waals surface area contributed by atoms with E-state index in [4.69, 9.17) is 9.47 Å². The molecule has 0 atom stereocenters. The molecule has 0 N–H and O–H groups in total. The van der Waals surface area contributed by atoms with Crippen molar-refractivity contribution in [3.05, 3.63) is 204 Å². The number of hydrogen-bond acceptors (Lipinski definition) is 2. The van der Waals surface area contributed by atoms with Crippen molar-refractivity contribution in [2.75, 3.05) is 0 Å². The first-order valence-corrected chi connectivity index (χ1v) is 21.0. The summed E-state index contributed by atoms with van der Waals surface area (Å²) in [5.41, 5.74) is 11.4. The second-order valence-electron chi connectivity index (χ2n) is 17.6. The van der Waals surface area contributed by atoms with Crippen molar-refractivity contribution in [3.63, 3.8) is 0 Å². The lowest BCUT2D eigenvalue weighted by molar-refractivity contribution is 0.418. The predicted molar refractivity (Wildman–Crippen MR) is 250 cm³/mol. The molecule has 2 nitrogen and oxygen atoms in total. The smallest absolute Gasteiger partial charge is 0.132 e. The molecule has 0 saturated carbocycles. The molecule has 2 heterocycles. The average Bonchev–Trinajstić information content (AvgIpc) is 3.26. The van der Waals surface area contributed by atoms with Crippen LogP contribution in [-0.2, 0) is 10.8 Å². The highest BCUT2D eigenvalue weighted by Crippen LogP contribution is 2.55. The molecule has 10 aromatic carbocycles. The third kappa shape index (κ3) is 5.01. The fraction of sp³-hybridized carbons (Fsp3) is 0.103. The van der Waals surface area contributed by atoms with Crippen LogP contribution in [0.2, 0.25) is 0 Å². The van der Waals surface area contributed by atoms with E-state index in [1.165, 1.54) is 98.7 Å². The van der Waals surface area contributed by atoms with Gasteiger partial charge in [-0.15, -0.1) is 0 Å². The van der Waals surface area contributed by atoms with Crippen molar-refractivity contribution >= 4 is 43.1 Å². The van der Waals surface area contributed by atoms with Crippen LogP contribution in [0.4, 0.5) is 0 Å². The van der Waals surface area contributed by atoms with Crippen molar-refractivity contribution in [2.24, 2.45) is 0 Å². The summed E-state index contributed by atoms with van der Waals surface area (Å²) in [6.45, 7) is 9.33. The van der Waals surface area contributed by atoms with E-state index in [0.29, 0.717) is 0 Å². The van der Waals surface area contributed by atoms with Gasteiger partial charge in [-0.05, 0) is 125 Å². The Morgan fingerprint density at radius 3 is 1.30 bits per heavy atom. The zero-order chi connectivity index (χ0) is 40.3. The average molecular weight is 771 g/mol. The topological polar surface area (TPSA) is 18.5 Å². The molecule has 0 radical (unpaired) electrons. The summed E-state index contributed by atoms with van der Waals surface area (Å²) in [6, 6.07) is 66.6. The van der Waals surface area contributed by atoms with Crippen molar-refractivity contribution in [3.8, 4) is 56.4 Å². The molecule has 0 saturated heterocycles. The molecule has 60 heavy (non-hydrogen) atoms. The molecule has 0 aliphatic carbocycles. The van der Waals surface area contributed by atoms with Gasteiger partial charge in [0.25, 0.3) is 0 Å². The van der Waals surface area contributed by atoms with Gasteiger partial charge in [0.2, 0.25) is 0 Å². The van der Waals surface area contributed by atoms with Gasteiger partial charge in [-0.1, -0.05) is 161 Å². The molecule has 0 amide bonds. The van der Waals surface area contributed by atoms with E-state index in [1.54, 1.807) is 0 Å². The molecule has 2 heteroatoms. The summed E-state index contributed by atoms with van der Waals surface area (Å²) in [5.74, 6) is 3.67. The van der Waals surface area contributed by atoms with Gasteiger partial charge in [-0.3, -0.25) is 0 Å². The van der Waals surface area contributed by atoms with Crippen LogP contribution >= 0.6 is 0 Å². The number of benzene rings is 10. The zero-order valence-corrected chi connectivity index (χ0v) is 34.1. The summed E-state index contributed by atoms with van der Waals surface area (Å²) >= 11 is 0. The highest BCUT2D eigenvalue weighted by atomic mass is 16.5. The summed E-state index contributed by atoms with van der Waals surface area (Å²) in [6.07, 6.45) is 0. The fourth-order valence-corrected chi connectivity index (χ4v) is 10.7. The quantitative estimate of drug-likeness (QED) is 0.167. The number of fused-ring (bicyclic) bond motifs is 8. The van der Waals surface area contributed by atoms with Crippen molar-refractivity contribution < 1.29 is 9.47 Å². The van der Waals surface area contributed by atoms with Crippen molar-refractivity contribution in [1.29, 1.82) is 0 Å². The SMILES string of the molecule is CC1(C)c2ccccc2Oc2cccc(-c3cccc4c(-c5ccc6cc7ccccc7cc6c5)c5cccc(-c6cccc7c6C(C)(C)c6ccccc6O7)c5cc34)c21. The van der Waals surface area contributed by atoms with E-state index in [9.17, 15) is 0 Å². The Labute approximate surface area is 350 Å². The van der Waals surface area contributed by atoms with Crippen LogP contribution in [0.25, 0.3) is 76.5 Å². The molecule has 0 unspecified atom stereocenters. The normalized spacial score (nSPS) is 14.5. The molecule has 0 bridgehead atoms. The molecule has 286 valence electrons. The number of para-hydroxylation sites is 2. The minimum absolute atomic E-state index is 0.292. The highest BCUT2D eigenvalue weighted by molar-refractivity contribution is 6.20. The maximum atomic E-state index is 6.68. The minimum Gasteiger partial charge on any atom is -0.457 e. The Morgan fingerprint density at radius 2 is 0.750 bits per heavy atom. The van der Waals surface area contributed by atoms with Crippen LogP contribution in [0, 0.1) is 0 Å². The fourth-order valence-electron chi connectivity index (χ4n) is 10.7. The van der Waals surface area contributed by atoms with Crippen LogP contribution in [0.1, 0.15) is 49.9 Å². The van der Waals surface area contributed by atoms with Crippen molar-refractivity contribution in [2.45, 2.75) is 38.5 Å². The first-order valence-electron chi connectivity index (χ1n) is 21.0. The number of ether oxygens (including phenoxy) is 2. The van der Waals surface area contributed by atoms with E-state index in [2.05, 4.69) is 210 Å². The molecule has 2 aliphatic heterocycles. The van der Waals surface area contributed by atoms with Crippen LogP contribution in [0.3, 0.4) is 0 Å². The van der Waals surface area contributed by atoms with E-state index in [1.807, 2.05) is 0 Å². The van der Waals surface area contributed by atoms with Gasteiger partial charge in [0.05, 0.1) is 0 Å². The molecule has 0 spiro atoms. The van der Waals surface area contributed by atoms with Gasteiger partial charge >= 0.3 is 0 Å². The van der Waals surface area contributed by atoms with Crippen LogP contribution in [-0.4, -0.2) is 0 Å². The highest BCUT2D eigenvalue weighted by Gasteiger charge is 2.38. The number of rotatable bonds is 3. The van der Waals surface area contributed by atoms with Crippen molar-refractivity contribution in [1.82, 2.24) is 0 Å². The molecule has 0 aromatic heterocycles. The second-order valence-corrected chi connectivity index (χ2v) is 17.6. The van der Waals surface area contributed by atoms with Crippen LogP contribution in [0.5, 0.6) is 23.0 Å². The van der Waals surface area contributed by atoms with E-state index in [0.717, 1.165) is 23.0 Å². The molecular formula is C58H42O2. The largest absolute Gasteiger partial charge is 0.457 e. The Balaban J connectivity index is 1.17. The Kier molecular flexibility index (Phi) is 7.36. The lowest BCUT2D eigenvalue weighted by Gasteiger charge is -2.36. The predicted octanol–water partition coefficient (Wildman–Crippen LogP) is 16.2. The first-order chi connectivity index (χ1) is 29.3. The second kappa shape index (κ2) is 12.7. The molecule has 10 aromatic rings. The maximum Gasteiger partial charge on any atom is 0.132 e. The summed E-state index contributed by atoms with van der Waals surface area (Å²) in [4.78, 5) is 0.